The van der Waals surface area contributed by atoms with E-state index in [0.717, 1.165) is 52.8 Å². The SMILES string of the molecule is COC(=O)c1ccc2nc(-c3ccc(F)cc3C)c(N3CCC[C@@H]3C)cc2c1. The van der Waals surface area contributed by atoms with E-state index in [-0.39, 0.29) is 11.8 Å². The van der Waals surface area contributed by atoms with Crippen LogP contribution in [-0.2, 0) is 4.74 Å². The number of ether oxygens (including phenoxy) is 1. The van der Waals surface area contributed by atoms with E-state index >= 15 is 0 Å². The maximum atomic E-state index is 13.7. The highest BCUT2D eigenvalue weighted by atomic mass is 19.1. The number of aryl methyl sites for hydroxylation is 1. The number of nitrogens with zero attached hydrogens (tertiary/aromatic N) is 2. The molecule has 0 saturated carbocycles. The van der Waals surface area contributed by atoms with Crippen molar-refractivity contribution in [2.75, 3.05) is 18.6 Å². The van der Waals surface area contributed by atoms with Crippen LogP contribution in [0.4, 0.5) is 10.1 Å². The summed E-state index contributed by atoms with van der Waals surface area (Å²) in [5, 5.41) is 0.889. The molecule has 0 amide bonds. The van der Waals surface area contributed by atoms with Crippen molar-refractivity contribution in [3.8, 4) is 11.3 Å². The lowest BCUT2D eigenvalue weighted by Crippen LogP contribution is -2.27. The normalized spacial score (nSPS) is 16.6. The Labute approximate surface area is 164 Å². The Bertz CT molecular complexity index is 1060. The summed E-state index contributed by atoms with van der Waals surface area (Å²) >= 11 is 0. The highest BCUT2D eigenvalue weighted by Crippen LogP contribution is 2.37. The van der Waals surface area contributed by atoms with Crippen molar-refractivity contribution in [1.29, 1.82) is 0 Å². The number of rotatable bonds is 3. The Morgan fingerprint density at radius 3 is 2.71 bits per heavy atom. The molecule has 4 rings (SSSR count). The van der Waals surface area contributed by atoms with Gasteiger partial charge in [-0.05, 0) is 74.7 Å². The number of hydrogen-bond donors (Lipinski definition) is 0. The first kappa shape index (κ1) is 18.4. The Kier molecular flexibility index (Phi) is 4.75. The minimum atomic E-state index is -0.364. The molecule has 1 atom stereocenters. The zero-order chi connectivity index (χ0) is 19.8. The molecule has 1 saturated heterocycles. The first-order chi connectivity index (χ1) is 13.5. The van der Waals surface area contributed by atoms with Gasteiger partial charge in [-0.1, -0.05) is 0 Å². The van der Waals surface area contributed by atoms with Gasteiger partial charge in [0.25, 0.3) is 0 Å². The maximum Gasteiger partial charge on any atom is 0.337 e. The van der Waals surface area contributed by atoms with E-state index in [1.807, 2.05) is 19.1 Å². The average molecular weight is 378 g/mol. The molecular weight excluding hydrogens is 355 g/mol. The molecule has 0 unspecified atom stereocenters. The van der Waals surface area contributed by atoms with Crippen molar-refractivity contribution >= 4 is 22.6 Å². The Morgan fingerprint density at radius 1 is 1.21 bits per heavy atom. The molecule has 2 heterocycles. The quantitative estimate of drug-likeness (QED) is 0.593. The number of aromatic nitrogens is 1. The largest absolute Gasteiger partial charge is 0.465 e. The molecule has 4 nitrogen and oxygen atoms in total. The monoisotopic (exact) mass is 378 g/mol. The minimum absolute atomic E-state index is 0.249. The highest BCUT2D eigenvalue weighted by Gasteiger charge is 2.25. The van der Waals surface area contributed by atoms with E-state index in [1.165, 1.54) is 13.2 Å². The van der Waals surface area contributed by atoms with Crippen LogP contribution in [0.2, 0.25) is 0 Å². The van der Waals surface area contributed by atoms with Gasteiger partial charge in [0.1, 0.15) is 5.82 Å². The summed E-state index contributed by atoms with van der Waals surface area (Å²) in [5.41, 5.74) is 4.95. The Hall–Kier alpha value is -2.95. The van der Waals surface area contributed by atoms with Gasteiger partial charge in [0, 0.05) is 23.5 Å². The summed E-state index contributed by atoms with van der Waals surface area (Å²) < 4.78 is 18.5. The second-order valence-corrected chi connectivity index (χ2v) is 7.40. The van der Waals surface area contributed by atoms with Gasteiger partial charge in [0.2, 0.25) is 0 Å². The number of anilines is 1. The van der Waals surface area contributed by atoms with Crippen LogP contribution in [0.1, 0.15) is 35.7 Å². The van der Waals surface area contributed by atoms with E-state index in [1.54, 1.807) is 18.2 Å². The summed E-state index contributed by atoms with van der Waals surface area (Å²) in [5.74, 6) is -0.614. The highest BCUT2D eigenvalue weighted by molar-refractivity contribution is 5.97. The first-order valence-corrected chi connectivity index (χ1v) is 9.54. The van der Waals surface area contributed by atoms with Crippen LogP contribution in [0.5, 0.6) is 0 Å². The molecule has 28 heavy (non-hydrogen) atoms. The smallest absolute Gasteiger partial charge is 0.337 e. The average Bonchev–Trinajstić information content (AvgIpc) is 3.11. The van der Waals surface area contributed by atoms with Crippen molar-refractivity contribution in [1.82, 2.24) is 4.98 Å². The van der Waals surface area contributed by atoms with E-state index in [2.05, 4.69) is 17.9 Å². The van der Waals surface area contributed by atoms with Crippen molar-refractivity contribution in [3.63, 3.8) is 0 Å². The molecule has 0 radical (unpaired) electrons. The van der Waals surface area contributed by atoms with Crippen LogP contribution in [0.25, 0.3) is 22.2 Å². The molecule has 5 heteroatoms. The Morgan fingerprint density at radius 2 is 2.04 bits per heavy atom. The summed E-state index contributed by atoms with van der Waals surface area (Å²) in [4.78, 5) is 19.2. The zero-order valence-corrected chi connectivity index (χ0v) is 16.3. The molecule has 144 valence electrons. The third-order valence-electron chi connectivity index (χ3n) is 5.52. The standard InChI is InChI=1S/C23H23FN2O2/c1-14-11-18(24)7-8-19(14)22-21(26-10-4-5-15(26)2)13-17-12-16(23(27)28-3)6-9-20(17)25-22/h6-9,11-13,15H,4-5,10H2,1-3H3/t15-/m0/s1. The van der Waals surface area contributed by atoms with Crippen LogP contribution in [0, 0.1) is 12.7 Å². The molecule has 1 aliphatic heterocycles. The van der Waals surface area contributed by atoms with Gasteiger partial charge in [0.15, 0.2) is 0 Å². The molecule has 0 N–H and O–H groups in total. The lowest BCUT2D eigenvalue weighted by atomic mass is 10.0. The second kappa shape index (κ2) is 7.23. The summed E-state index contributed by atoms with van der Waals surface area (Å²) in [6.07, 6.45) is 2.26. The fourth-order valence-corrected chi connectivity index (χ4v) is 4.01. The van der Waals surface area contributed by atoms with Gasteiger partial charge in [-0.2, -0.15) is 0 Å². The predicted molar refractivity (Wildman–Crippen MR) is 109 cm³/mol. The van der Waals surface area contributed by atoms with E-state index < -0.39 is 0 Å². The van der Waals surface area contributed by atoms with E-state index in [0.29, 0.717) is 11.6 Å². The van der Waals surface area contributed by atoms with Crippen LogP contribution >= 0.6 is 0 Å². The number of halogens is 1. The van der Waals surface area contributed by atoms with Gasteiger partial charge >= 0.3 is 5.97 Å². The first-order valence-electron chi connectivity index (χ1n) is 9.54. The summed E-state index contributed by atoms with van der Waals surface area (Å²) in [6.45, 7) is 5.07. The predicted octanol–water partition coefficient (Wildman–Crippen LogP) is 5.12. The topological polar surface area (TPSA) is 42.4 Å². The molecule has 1 fully saturated rings. The molecule has 0 bridgehead atoms. The van der Waals surface area contributed by atoms with Crippen molar-refractivity contribution < 1.29 is 13.9 Å². The molecule has 1 aliphatic rings. The van der Waals surface area contributed by atoms with E-state index in [4.69, 9.17) is 9.72 Å². The summed E-state index contributed by atoms with van der Waals surface area (Å²) in [7, 11) is 1.38. The number of esters is 1. The lowest BCUT2D eigenvalue weighted by Gasteiger charge is -2.27. The lowest BCUT2D eigenvalue weighted by molar-refractivity contribution is 0.0601. The number of carbonyl (C=O) groups is 1. The van der Waals surface area contributed by atoms with Crippen LogP contribution in [-0.4, -0.2) is 30.6 Å². The van der Waals surface area contributed by atoms with Gasteiger partial charge in [-0.15, -0.1) is 0 Å². The summed E-state index contributed by atoms with van der Waals surface area (Å²) in [6, 6.07) is 12.7. The molecule has 2 aromatic carbocycles. The zero-order valence-electron chi connectivity index (χ0n) is 16.3. The molecule has 0 aliphatic carbocycles. The number of benzene rings is 2. The van der Waals surface area contributed by atoms with Gasteiger partial charge < -0.3 is 9.64 Å². The molecule has 0 spiro atoms. The number of pyridine rings is 1. The van der Waals surface area contributed by atoms with Crippen molar-refractivity contribution in [2.24, 2.45) is 0 Å². The Balaban J connectivity index is 1.95. The molecule has 1 aromatic heterocycles. The van der Waals surface area contributed by atoms with Gasteiger partial charge in [0.05, 0.1) is 29.6 Å². The van der Waals surface area contributed by atoms with Crippen molar-refractivity contribution in [2.45, 2.75) is 32.7 Å². The number of carbonyl (C=O) groups excluding carboxylic acids is 1. The fraction of sp³-hybridized carbons (Fsp3) is 0.304. The van der Waals surface area contributed by atoms with Crippen LogP contribution in [0.15, 0.2) is 42.5 Å². The fourth-order valence-electron chi connectivity index (χ4n) is 4.01. The third kappa shape index (κ3) is 3.21. The van der Waals surface area contributed by atoms with E-state index in [9.17, 15) is 9.18 Å². The van der Waals surface area contributed by atoms with Crippen LogP contribution < -0.4 is 4.90 Å². The number of fused-ring (bicyclic) bond motifs is 1. The molecule has 3 aromatic rings. The third-order valence-corrected chi connectivity index (χ3v) is 5.52. The second-order valence-electron chi connectivity index (χ2n) is 7.40. The minimum Gasteiger partial charge on any atom is -0.465 e. The maximum absolute atomic E-state index is 13.7. The molecular formula is C23H23FN2O2. The van der Waals surface area contributed by atoms with Gasteiger partial charge in [-0.3, -0.25) is 0 Å². The number of methoxy groups -OCH3 is 1. The number of hydrogen-bond acceptors (Lipinski definition) is 4. The van der Waals surface area contributed by atoms with Gasteiger partial charge in [-0.25, -0.2) is 14.2 Å². The van der Waals surface area contributed by atoms with Crippen molar-refractivity contribution in [3.05, 3.63) is 59.4 Å². The van der Waals surface area contributed by atoms with Crippen LogP contribution in [0.3, 0.4) is 0 Å².